The van der Waals surface area contributed by atoms with Gasteiger partial charge in [0.15, 0.2) is 23.1 Å². The van der Waals surface area contributed by atoms with Crippen LogP contribution in [0.15, 0.2) is 23.6 Å². The van der Waals surface area contributed by atoms with Crippen molar-refractivity contribution in [2.24, 2.45) is 0 Å². The summed E-state index contributed by atoms with van der Waals surface area (Å²) >= 11 is 1.58. The summed E-state index contributed by atoms with van der Waals surface area (Å²) in [5.74, 6) is 1.73. The number of aromatic amines is 1. The third-order valence-corrected chi connectivity index (χ3v) is 5.88. The number of carbonyl (C=O) groups is 1. The highest BCUT2D eigenvalue weighted by Crippen LogP contribution is 2.37. The van der Waals surface area contributed by atoms with Crippen LogP contribution < -0.4 is 5.32 Å². The molecule has 9 heteroatoms. The molecule has 0 spiro atoms. The summed E-state index contributed by atoms with van der Waals surface area (Å²) < 4.78 is 11.4. The van der Waals surface area contributed by atoms with Crippen molar-refractivity contribution in [3.05, 3.63) is 35.1 Å². The van der Waals surface area contributed by atoms with Crippen LogP contribution in [0.2, 0.25) is 0 Å². The van der Waals surface area contributed by atoms with E-state index in [4.69, 9.17) is 19.4 Å². The number of hydrogen-bond donors (Lipinski definition) is 2. The molecule has 0 aliphatic heterocycles. The molecule has 1 unspecified atom stereocenters. The van der Waals surface area contributed by atoms with Crippen LogP contribution in [-0.2, 0) is 14.3 Å². The van der Waals surface area contributed by atoms with E-state index in [-0.39, 0.29) is 5.97 Å². The molecule has 0 saturated carbocycles. The Balaban J connectivity index is 1.68. The molecule has 146 valence electrons. The van der Waals surface area contributed by atoms with Crippen LogP contribution in [0.5, 0.6) is 0 Å². The molecule has 0 radical (unpaired) electrons. The lowest BCUT2D eigenvalue weighted by Crippen LogP contribution is -2.42. The number of nitrogens with zero attached hydrogens (tertiary/aromatic N) is 3. The molecule has 1 aliphatic carbocycles. The molecule has 8 nitrogen and oxygen atoms in total. The number of thiophene rings is 1. The standard InChI is InChI=1S/C19H21N5O3S/c1-11-10-14(24-23-11)21-17-15-13(6-9-28-15)20-16(22-17)12-4-7-19(27-3,8-5-12)18(25)26-2/h4,6,9-10H,5,7-8H2,1-3H3,(H2,20,21,22,23,24). The summed E-state index contributed by atoms with van der Waals surface area (Å²) in [6.45, 7) is 1.94. The van der Waals surface area contributed by atoms with Gasteiger partial charge in [-0.15, -0.1) is 11.3 Å². The van der Waals surface area contributed by atoms with Gasteiger partial charge in [0.2, 0.25) is 0 Å². The zero-order valence-electron chi connectivity index (χ0n) is 15.9. The Morgan fingerprint density at radius 2 is 2.21 bits per heavy atom. The Kier molecular flexibility index (Phi) is 4.86. The number of anilines is 2. The van der Waals surface area contributed by atoms with Crippen molar-refractivity contribution in [2.75, 3.05) is 19.5 Å². The molecule has 0 bridgehead atoms. The van der Waals surface area contributed by atoms with Gasteiger partial charge in [0.25, 0.3) is 0 Å². The van der Waals surface area contributed by atoms with E-state index in [2.05, 4.69) is 15.5 Å². The minimum absolute atomic E-state index is 0.351. The number of hydrogen-bond acceptors (Lipinski definition) is 8. The fourth-order valence-corrected chi connectivity index (χ4v) is 4.14. The van der Waals surface area contributed by atoms with Gasteiger partial charge in [0, 0.05) is 25.3 Å². The van der Waals surface area contributed by atoms with Gasteiger partial charge in [-0.1, -0.05) is 6.08 Å². The average Bonchev–Trinajstić information content (AvgIpc) is 3.36. The number of fused-ring (bicyclic) bond motifs is 1. The van der Waals surface area contributed by atoms with Gasteiger partial charge in [0.1, 0.15) is 0 Å². The van der Waals surface area contributed by atoms with Crippen LogP contribution in [0.4, 0.5) is 11.6 Å². The van der Waals surface area contributed by atoms with Crippen molar-refractivity contribution in [2.45, 2.75) is 31.8 Å². The van der Waals surface area contributed by atoms with Crippen LogP contribution in [0.3, 0.4) is 0 Å². The highest BCUT2D eigenvalue weighted by Gasteiger charge is 2.41. The molecule has 4 rings (SSSR count). The fourth-order valence-electron chi connectivity index (χ4n) is 3.37. The van der Waals surface area contributed by atoms with Gasteiger partial charge < -0.3 is 14.8 Å². The fraction of sp³-hybridized carbons (Fsp3) is 0.368. The van der Waals surface area contributed by atoms with Crippen LogP contribution in [0.25, 0.3) is 15.8 Å². The number of allylic oxidation sites excluding steroid dienone is 1. The first kappa shape index (κ1) is 18.6. The molecule has 0 saturated heterocycles. The predicted octanol–water partition coefficient (Wildman–Crippen LogP) is 3.59. The lowest BCUT2D eigenvalue weighted by atomic mass is 9.85. The van der Waals surface area contributed by atoms with Crippen molar-refractivity contribution >= 4 is 44.7 Å². The van der Waals surface area contributed by atoms with E-state index >= 15 is 0 Å². The van der Waals surface area contributed by atoms with E-state index in [9.17, 15) is 4.79 Å². The predicted molar refractivity (Wildman–Crippen MR) is 108 cm³/mol. The maximum atomic E-state index is 12.1. The molecule has 3 heterocycles. The summed E-state index contributed by atoms with van der Waals surface area (Å²) in [5.41, 5.74) is 1.90. The number of aromatic nitrogens is 4. The van der Waals surface area contributed by atoms with Crippen molar-refractivity contribution in [3.63, 3.8) is 0 Å². The summed E-state index contributed by atoms with van der Waals surface area (Å²) in [7, 11) is 2.92. The normalized spacial score (nSPS) is 19.5. The summed E-state index contributed by atoms with van der Waals surface area (Å²) in [6.07, 6.45) is 3.55. The SMILES string of the molecule is COC(=O)C1(OC)CC=C(c2nc(Nc3cc(C)[nH]n3)c3sccc3n2)CC1. The van der Waals surface area contributed by atoms with Crippen LogP contribution >= 0.6 is 11.3 Å². The maximum absolute atomic E-state index is 12.1. The molecule has 0 amide bonds. The number of H-pyrrole nitrogens is 1. The average molecular weight is 399 g/mol. The Bertz CT molecular complexity index is 1060. The van der Waals surface area contributed by atoms with Crippen molar-refractivity contribution in [3.8, 4) is 0 Å². The maximum Gasteiger partial charge on any atom is 0.338 e. The minimum Gasteiger partial charge on any atom is -0.467 e. The molecule has 0 aromatic carbocycles. The highest BCUT2D eigenvalue weighted by atomic mass is 32.1. The Morgan fingerprint density at radius 1 is 1.36 bits per heavy atom. The number of esters is 1. The number of ether oxygens (including phenoxy) is 2. The Hall–Kier alpha value is -2.78. The van der Waals surface area contributed by atoms with E-state index in [0.29, 0.717) is 30.9 Å². The summed E-state index contributed by atoms with van der Waals surface area (Å²) in [6, 6.07) is 3.90. The third kappa shape index (κ3) is 3.27. The zero-order valence-corrected chi connectivity index (χ0v) is 16.7. The first-order valence-electron chi connectivity index (χ1n) is 8.92. The van der Waals surface area contributed by atoms with Gasteiger partial charge in [-0.05, 0) is 36.8 Å². The van der Waals surface area contributed by atoms with Crippen LogP contribution in [0.1, 0.15) is 30.8 Å². The van der Waals surface area contributed by atoms with Gasteiger partial charge in [-0.2, -0.15) is 5.10 Å². The third-order valence-electron chi connectivity index (χ3n) is 4.97. The minimum atomic E-state index is -0.932. The Morgan fingerprint density at radius 3 is 2.86 bits per heavy atom. The molecule has 2 N–H and O–H groups in total. The lowest BCUT2D eigenvalue weighted by Gasteiger charge is -2.32. The molecule has 1 aliphatic rings. The van der Waals surface area contributed by atoms with Gasteiger partial charge in [-0.3, -0.25) is 5.10 Å². The van der Waals surface area contributed by atoms with E-state index in [1.54, 1.807) is 11.3 Å². The summed E-state index contributed by atoms with van der Waals surface area (Å²) in [5, 5.41) is 12.4. The van der Waals surface area contributed by atoms with Crippen LogP contribution in [0, 0.1) is 6.92 Å². The number of methoxy groups -OCH3 is 2. The number of aryl methyl sites for hydroxylation is 1. The second-order valence-corrected chi connectivity index (χ2v) is 7.63. The topological polar surface area (TPSA) is 102 Å². The van der Waals surface area contributed by atoms with E-state index in [1.165, 1.54) is 14.2 Å². The molecule has 1 atom stereocenters. The monoisotopic (exact) mass is 399 g/mol. The molecule has 3 aromatic heterocycles. The first-order chi connectivity index (χ1) is 13.5. The Labute approximate surface area is 166 Å². The zero-order chi connectivity index (χ0) is 19.7. The van der Waals surface area contributed by atoms with Gasteiger partial charge in [-0.25, -0.2) is 14.8 Å². The van der Waals surface area contributed by atoms with E-state index in [0.717, 1.165) is 27.3 Å². The van der Waals surface area contributed by atoms with E-state index in [1.807, 2.05) is 30.5 Å². The number of rotatable bonds is 5. The number of carbonyl (C=O) groups excluding carboxylic acids is 1. The first-order valence-corrected chi connectivity index (χ1v) is 9.80. The number of nitrogens with one attached hydrogen (secondary N) is 2. The van der Waals surface area contributed by atoms with Gasteiger partial charge >= 0.3 is 5.97 Å². The largest absolute Gasteiger partial charge is 0.467 e. The highest BCUT2D eigenvalue weighted by molar-refractivity contribution is 7.17. The summed E-state index contributed by atoms with van der Waals surface area (Å²) in [4.78, 5) is 21.6. The van der Waals surface area contributed by atoms with Crippen LogP contribution in [-0.4, -0.2) is 46.0 Å². The van der Waals surface area contributed by atoms with Gasteiger partial charge in [0.05, 0.1) is 17.3 Å². The molecular weight excluding hydrogens is 378 g/mol. The molecule has 0 fully saturated rings. The molecule has 3 aromatic rings. The van der Waals surface area contributed by atoms with Crippen molar-refractivity contribution < 1.29 is 14.3 Å². The second kappa shape index (κ2) is 7.33. The quantitative estimate of drug-likeness (QED) is 0.632. The smallest absolute Gasteiger partial charge is 0.338 e. The van der Waals surface area contributed by atoms with Crippen molar-refractivity contribution in [1.82, 2.24) is 20.2 Å². The van der Waals surface area contributed by atoms with E-state index < -0.39 is 5.60 Å². The molecule has 28 heavy (non-hydrogen) atoms. The second-order valence-electron chi connectivity index (χ2n) is 6.72. The lowest BCUT2D eigenvalue weighted by molar-refractivity contribution is -0.166. The van der Waals surface area contributed by atoms with Crippen molar-refractivity contribution in [1.29, 1.82) is 0 Å². The molecular formula is C19H21N5O3S.